The molecular formula is C18H25NO3. The molecule has 1 saturated carbocycles. The number of aliphatic hydroxyl groups is 1. The van der Waals surface area contributed by atoms with Gasteiger partial charge in [-0.05, 0) is 37.9 Å². The number of benzene rings is 1. The van der Waals surface area contributed by atoms with Crippen LogP contribution in [0, 0.1) is 5.92 Å². The second-order valence-corrected chi connectivity index (χ2v) is 6.55. The van der Waals surface area contributed by atoms with Crippen LogP contribution in [-0.4, -0.2) is 30.3 Å². The molecule has 1 heterocycles. The van der Waals surface area contributed by atoms with E-state index in [1.807, 2.05) is 30.3 Å². The van der Waals surface area contributed by atoms with E-state index in [4.69, 9.17) is 4.74 Å². The highest BCUT2D eigenvalue weighted by molar-refractivity contribution is 5.73. The minimum Gasteiger partial charge on any atom is -0.454 e. The van der Waals surface area contributed by atoms with Gasteiger partial charge in [-0.2, -0.15) is 0 Å². The van der Waals surface area contributed by atoms with E-state index in [1.54, 1.807) is 0 Å². The molecule has 0 spiro atoms. The van der Waals surface area contributed by atoms with Crippen molar-refractivity contribution in [1.82, 2.24) is 5.32 Å². The molecule has 1 aromatic carbocycles. The topological polar surface area (TPSA) is 58.6 Å². The molecule has 2 aliphatic rings. The lowest BCUT2D eigenvalue weighted by atomic mass is 9.83. The van der Waals surface area contributed by atoms with Crippen molar-refractivity contribution in [2.45, 2.75) is 50.2 Å². The fourth-order valence-electron chi connectivity index (χ4n) is 3.68. The first-order chi connectivity index (χ1) is 10.7. The molecule has 2 atom stereocenters. The summed E-state index contributed by atoms with van der Waals surface area (Å²) in [5, 5.41) is 13.1. The van der Waals surface area contributed by atoms with Crippen LogP contribution >= 0.6 is 0 Å². The van der Waals surface area contributed by atoms with Gasteiger partial charge in [-0.1, -0.05) is 36.8 Å². The summed E-state index contributed by atoms with van der Waals surface area (Å²) in [7, 11) is 0. The summed E-state index contributed by atoms with van der Waals surface area (Å²) in [4.78, 5) is 12.6. The van der Waals surface area contributed by atoms with Crippen LogP contribution in [0.5, 0.6) is 0 Å². The van der Waals surface area contributed by atoms with Gasteiger partial charge in [0.25, 0.3) is 0 Å². The molecule has 1 saturated heterocycles. The van der Waals surface area contributed by atoms with E-state index in [-0.39, 0.29) is 18.0 Å². The Bertz CT molecular complexity index is 496. The summed E-state index contributed by atoms with van der Waals surface area (Å²) in [6.45, 7) is 1.71. The number of esters is 1. The van der Waals surface area contributed by atoms with Gasteiger partial charge in [0.05, 0.1) is 12.0 Å². The quantitative estimate of drug-likeness (QED) is 0.842. The van der Waals surface area contributed by atoms with Gasteiger partial charge in [-0.3, -0.25) is 4.79 Å². The Morgan fingerprint density at radius 1 is 1.18 bits per heavy atom. The van der Waals surface area contributed by atoms with E-state index >= 15 is 0 Å². The van der Waals surface area contributed by atoms with E-state index < -0.39 is 5.60 Å². The molecule has 22 heavy (non-hydrogen) atoms. The molecule has 1 aliphatic heterocycles. The van der Waals surface area contributed by atoms with Gasteiger partial charge < -0.3 is 15.2 Å². The molecule has 120 valence electrons. The molecule has 1 aliphatic carbocycles. The van der Waals surface area contributed by atoms with E-state index in [9.17, 15) is 9.90 Å². The average Bonchev–Trinajstić information content (AvgIpc) is 2.56. The highest BCUT2D eigenvalue weighted by Gasteiger charge is 2.40. The molecule has 1 aromatic rings. The van der Waals surface area contributed by atoms with E-state index in [1.165, 1.54) is 0 Å². The zero-order valence-corrected chi connectivity index (χ0v) is 13.0. The van der Waals surface area contributed by atoms with Crippen LogP contribution in [-0.2, 0) is 15.1 Å². The normalized spacial score (nSPS) is 28.0. The van der Waals surface area contributed by atoms with Crippen molar-refractivity contribution in [3.05, 3.63) is 35.9 Å². The number of nitrogens with one attached hydrogen (secondary N) is 1. The zero-order valence-electron chi connectivity index (χ0n) is 13.0. The third kappa shape index (κ3) is 3.33. The zero-order chi connectivity index (χ0) is 15.4. The van der Waals surface area contributed by atoms with Crippen LogP contribution in [0.1, 0.15) is 44.1 Å². The van der Waals surface area contributed by atoms with Gasteiger partial charge in [0, 0.05) is 12.8 Å². The van der Waals surface area contributed by atoms with Crippen molar-refractivity contribution in [2.75, 3.05) is 13.1 Å². The maximum Gasteiger partial charge on any atom is 0.309 e. The molecule has 2 N–H and O–H groups in total. The van der Waals surface area contributed by atoms with Crippen LogP contribution in [0.3, 0.4) is 0 Å². The Morgan fingerprint density at radius 3 is 2.59 bits per heavy atom. The SMILES string of the molecule is O=C(OC1(c2ccccc2)CCNCC1)C1CCCC(O)C1. The number of carbonyl (C=O) groups is 1. The third-order valence-electron chi connectivity index (χ3n) is 4.99. The molecule has 2 unspecified atom stereocenters. The lowest BCUT2D eigenvalue weighted by Crippen LogP contribution is -2.44. The van der Waals surface area contributed by atoms with E-state index in [2.05, 4.69) is 5.32 Å². The largest absolute Gasteiger partial charge is 0.454 e. The monoisotopic (exact) mass is 303 g/mol. The van der Waals surface area contributed by atoms with Crippen LogP contribution in [0.15, 0.2) is 30.3 Å². The number of aliphatic hydroxyl groups excluding tert-OH is 1. The molecule has 2 fully saturated rings. The van der Waals surface area contributed by atoms with Gasteiger partial charge in [-0.15, -0.1) is 0 Å². The van der Waals surface area contributed by atoms with Crippen molar-refractivity contribution >= 4 is 5.97 Å². The summed E-state index contributed by atoms with van der Waals surface area (Å²) >= 11 is 0. The Balaban J connectivity index is 1.77. The second kappa shape index (κ2) is 6.80. The summed E-state index contributed by atoms with van der Waals surface area (Å²) in [5.41, 5.74) is 0.577. The van der Waals surface area contributed by atoms with Gasteiger partial charge in [-0.25, -0.2) is 0 Å². The molecule has 0 amide bonds. The van der Waals surface area contributed by atoms with E-state index in [0.29, 0.717) is 6.42 Å². The first kappa shape index (κ1) is 15.5. The number of piperidine rings is 1. The van der Waals surface area contributed by atoms with Crippen molar-refractivity contribution in [3.8, 4) is 0 Å². The van der Waals surface area contributed by atoms with Crippen molar-refractivity contribution < 1.29 is 14.6 Å². The molecule has 3 rings (SSSR count). The first-order valence-electron chi connectivity index (χ1n) is 8.37. The smallest absolute Gasteiger partial charge is 0.309 e. The maximum absolute atomic E-state index is 12.6. The lowest BCUT2D eigenvalue weighted by molar-refractivity contribution is -0.172. The molecule has 4 heteroatoms. The number of carbonyl (C=O) groups excluding carboxylic acids is 1. The first-order valence-corrected chi connectivity index (χ1v) is 8.37. The van der Waals surface area contributed by atoms with Crippen molar-refractivity contribution in [2.24, 2.45) is 5.92 Å². The number of ether oxygens (including phenoxy) is 1. The van der Waals surface area contributed by atoms with Gasteiger partial charge in [0.1, 0.15) is 5.60 Å². The number of hydrogen-bond acceptors (Lipinski definition) is 4. The van der Waals surface area contributed by atoms with Crippen LogP contribution in [0.25, 0.3) is 0 Å². The van der Waals surface area contributed by atoms with E-state index in [0.717, 1.165) is 50.8 Å². The second-order valence-electron chi connectivity index (χ2n) is 6.55. The molecule has 0 radical (unpaired) electrons. The summed E-state index contributed by atoms with van der Waals surface area (Å²) in [6, 6.07) is 10.1. The predicted octanol–water partition coefficient (Wildman–Crippen LogP) is 2.36. The Kier molecular flexibility index (Phi) is 4.79. The predicted molar refractivity (Wildman–Crippen MR) is 84.3 cm³/mol. The highest BCUT2D eigenvalue weighted by atomic mass is 16.6. The minimum atomic E-state index is -0.508. The summed E-state index contributed by atoms with van der Waals surface area (Å²) in [5.74, 6) is -0.288. The average molecular weight is 303 g/mol. The lowest BCUT2D eigenvalue weighted by Gasteiger charge is -2.39. The molecular weight excluding hydrogens is 278 g/mol. The van der Waals surface area contributed by atoms with Gasteiger partial charge in [0.2, 0.25) is 0 Å². The van der Waals surface area contributed by atoms with Gasteiger partial charge >= 0.3 is 5.97 Å². The van der Waals surface area contributed by atoms with Crippen molar-refractivity contribution in [3.63, 3.8) is 0 Å². The maximum atomic E-state index is 12.6. The number of hydrogen-bond donors (Lipinski definition) is 2. The van der Waals surface area contributed by atoms with Crippen LogP contribution in [0.2, 0.25) is 0 Å². The van der Waals surface area contributed by atoms with Gasteiger partial charge in [0.15, 0.2) is 0 Å². The fourth-order valence-corrected chi connectivity index (χ4v) is 3.68. The summed E-state index contributed by atoms with van der Waals surface area (Å²) < 4.78 is 6.06. The Labute approximate surface area is 131 Å². The highest BCUT2D eigenvalue weighted by Crippen LogP contribution is 2.37. The number of rotatable bonds is 3. The van der Waals surface area contributed by atoms with Crippen LogP contribution in [0.4, 0.5) is 0 Å². The van der Waals surface area contributed by atoms with Crippen molar-refractivity contribution in [1.29, 1.82) is 0 Å². The Hall–Kier alpha value is -1.39. The molecule has 4 nitrogen and oxygen atoms in total. The third-order valence-corrected chi connectivity index (χ3v) is 4.99. The molecule has 0 aromatic heterocycles. The summed E-state index contributed by atoms with van der Waals surface area (Å²) in [6.07, 6.45) is 4.34. The fraction of sp³-hybridized carbons (Fsp3) is 0.611. The Morgan fingerprint density at radius 2 is 1.91 bits per heavy atom. The van der Waals surface area contributed by atoms with Crippen LogP contribution < -0.4 is 5.32 Å². The minimum absolute atomic E-state index is 0.135. The molecule has 0 bridgehead atoms. The standard InChI is InChI=1S/C18H25NO3/c20-16-8-4-5-14(13-16)17(21)22-18(9-11-19-12-10-18)15-6-2-1-3-7-15/h1-3,6-7,14,16,19-20H,4-5,8-13H2.